The summed E-state index contributed by atoms with van der Waals surface area (Å²) in [6.45, 7) is 6.47. The van der Waals surface area contributed by atoms with Crippen LogP contribution in [-0.2, 0) is 6.42 Å². The molecule has 1 atom stereocenters. The fraction of sp³-hybridized carbons (Fsp3) is 0.375. The van der Waals surface area contributed by atoms with Crippen molar-refractivity contribution in [1.82, 2.24) is 14.9 Å². The summed E-state index contributed by atoms with van der Waals surface area (Å²) in [4.78, 5) is 24.6. The number of hydrogen-bond donors (Lipinski definition) is 0. The number of aryl methyl sites for hydroxylation is 2. The predicted octanol–water partition coefficient (Wildman–Crippen LogP) is 6.10. The zero-order valence-electron chi connectivity index (χ0n) is 17.6. The quantitative estimate of drug-likeness (QED) is 0.446. The fourth-order valence-corrected chi connectivity index (χ4v) is 5.20. The minimum Gasteiger partial charge on any atom is -0.332 e. The zero-order valence-corrected chi connectivity index (χ0v) is 19.1. The van der Waals surface area contributed by atoms with Crippen LogP contribution in [0.15, 0.2) is 42.7 Å². The van der Waals surface area contributed by atoms with Gasteiger partial charge in [0.1, 0.15) is 9.88 Å². The summed E-state index contributed by atoms with van der Waals surface area (Å²) < 4.78 is 0. The van der Waals surface area contributed by atoms with E-state index in [4.69, 9.17) is 11.6 Å². The van der Waals surface area contributed by atoms with Crippen molar-refractivity contribution < 1.29 is 4.79 Å². The Hall–Kier alpha value is -2.24. The number of thiazole rings is 1. The number of carbonyl (C=O) groups excluding carboxylic acids is 1. The second kappa shape index (κ2) is 8.86. The number of carbonyl (C=O) groups is 1. The van der Waals surface area contributed by atoms with Gasteiger partial charge in [0, 0.05) is 30.0 Å². The first kappa shape index (κ1) is 21.0. The highest BCUT2D eigenvalue weighted by Gasteiger charge is 2.37. The van der Waals surface area contributed by atoms with E-state index in [9.17, 15) is 4.79 Å². The largest absolute Gasteiger partial charge is 0.332 e. The van der Waals surface area contributed by atoms with Gasteiger partial charge < -0.3 is 4.90 Å². The maximum Gasteiger partial charge on any atom is 0.267 e. The second-order valence-electron chi connectivity index (χ2n) is 8.08. The molecule has 1 aliphatic carbocycles. The lowest BCUT2D eigenvalue weighted by Gasteiger charge is -2.29. The average Bonchev–Trinajstić information content (AvgIpc) is 3.48. The zero-order chi connectivity index (χ0) is 21.3. The maximum atomic E-state index is 13.5. The molecule has 1 fully saturated rings. The number of pyridine rings is 1. The van der Waals surface area contributed by atoms with Gasteiger partial charge in [0.2, 0.25) is 0 Å². The minimum absolute atomic E-state index is 0.00384. The Morgan fingerprint density at radius 3 is 2.60 bits per heavy atom. The summed E-state index contributed by atoms with van der Waals surface area (Å²) in [7, 11) is 0. The summed E-state index contributed by atoms with van der Waals surface area (Å²) in [6, 6.07) is 10.7. The molecule has 0 spiro atoms. The van der Waals surface area contributed by atoms with Crippen molar-refractivity contribution in [1.29, 1.82) is 0 Å². The molecule has 1 saturated carbocycles. The van der Waals surface area contributed by atoms with Gasteiger partial charge >= 0.3 is 0 Å². The second-order valence-corrected chi connectivity index (χ2v) is 9.44. The molecule has 6 heteroatoms. The van der Waals surface area contributed by atoms with Gasteiger partial charge in [-0.1, -0.05) is 29.8 Å². The van der Waals surface area contributed by atoms with Crippen molar-refractivity contribution >= 4 is 28.8 Å². The van der Waals surface area contributed by atoms with Crippen LogP contribution < -0.4 is 0 Å². The molecule has 1 aliphatic rings. The summed E-state index contributed by atoms with van der Waals surface area (Å²) in [5.41, 5.74) is 4.91. The van der Waals surface area contributed by atoms with Gasteiger partial charge in [0.05, 0.1) is 0 Å². The van der Waals surface area contributed by atoms with Crippen LogP contribution in [0.5, 0.6) is 0 Å². The third-order valence-corrected chi connectivity index (χ3v) is 7.27. The normalized spacial score (nSPS) is 14.5. The lowest BCUT2D eigenvalue weighted by Crippen LogP contribution is -2.40. The van der Waals surface area contributed by atoms with Gasteiger partial charge in [-0.3, -0.25) is 9.78 Å². The summed E-state index contributed by atoms with van der Waals surface area (Å²) in [6.07, 6.45) is 7.48. The SMILES string of the molecule is Cc1cccc(C)c1CCC(C)N(C(=O)c1sc(-c2cccnc2)nc1Cl)C1CC1. The van der Waals surface area contributed by atoms with Crippen molar-refractivity contribution in [2.75, 3.05) is 0 Å². The highest BCUT2D eigenvalue weighted by molar-refractivity contribution is 7.17. The van der Waals surface area contributed by atoms with E-state index in [-0.39, 0.29) is 17.1 Å². The summed E-state index contributed by atoms with van der Waals surface area (Å²) in [5, 5.41) is 1.02. The molecule has 2 aromatic heterocycles. The topological polar surface area (TPSA) is 46.1 Å². The Morgan fingerprint density at radius 1 is 1.23 bits per heavy atom. The van der Waals surface area contributed by atoms with Gasteiger partial charge in [-0.05, 0) is 75.3 Å². The Morgan fingerprint density at radius 2 is 1.97 bits per heavy atom. The first-order valence-corrected chi connectivity index (χ1v) is 11.6. The van der Waals surface area contributed by atoms with E-state index < -0.39 is 0 Å². The first-order chi connectivity index (χ1) is 14.5. The molecule has 3 aromatic rings. The standard InChI is InChI=1S/C24H26ClN3OS/c1-15-6-4-7-16(2)20(15)12-9-17(3)28(19-10-11-19)24(29)21-22(25)27-23(30-21)18-8-5-13-26-14-18/h4-8,13-14,17,19H,9-12H2,1-3H3. The van der Waals surface area contributed by atoms with Gasteiger partial charge in [0.25, 0.3) is 5.91 Å². The molecule has 0 radical (unpaired) electrons. The minimum atomic E-state index is 0.00384. The molecule has 4 nitrogen and oxygen atoms in total. The Labute approximate surface area is 186 Å². The van der Waals surface area contributed by atoms with Crippen LogP contribution >= 0.6 is 22.9 Å². The number of halogens is 1. The van der Waals surface area contributed by atoms with E-state index in [1.807, 2.05) is 17.0 Å². The van der Waals surface area contributed by atoms with Gasteiger partial charge in [-0.15, -0.1) is 11.3 Å². The van der Waals surface area contributed by atoms with Gasteiger partial charge in [-0.25, -0.2) is 4.98 Å². The third-order valence-electron chi connectivity index (χ3n) is 5.79. The fourth-order valence-electron chi connectivity index (χ4n) is 3.98. The molecule has 0 bridgehead atoms. The van der Waals surface area contributed by atoms with E-state index in [2.05, 4.69) is 48.9 Å². The molecule has 4 rings (SSSR count). The Balaban J connectivity index is 1.53. The van der Waals surface area contributed by atoms with E-state index in [0.29, 0.717) is 10.9 Å². The monoisotopic (exact) mass is 439 g/mol. The van der Waals surface area contributed by atoms with E-state index in [1.54, 1.807) is 12.4 Å². The number of rotatable bonds is 7. The highest BCUT2D eigenvalue weighted by atomic mass is 35.5. The van der Waals surface area contributed by atoms with Gasteiger partial charge in [-0.2, -0.15) is 0 Å². The van der Waals surface area contributed by atoms with Crippen molar-refractivity contribution in [3.05, 3.63) is 69.4 Å². The van der Waals surface area contributed by atoms with Crippen LogP contribution in [0.4, 0.5) is 0 Å². The molecule has 30 heavy (non-hydrogen) atoms. The average molecular weight is 440 g/mol. The van der Waals surface area contributed by atoms with Crippen LogP contribution in [0, 0.1) is 13.8 Å². The molecule has 156 valence electrons. The predicted molar refractivity (Wildman–Crippen MR) is 123 cm³/mol. The van der Waals surface area contributed by atoms with Crippen LogP contribution in [-0.4, -0.2) is 32.9 Å². The molecule has 0 saturated heterocycles. The number of benzene rings is 1. The molecule has 2 heterocycles. The molecule has 0 aliphatic heterocycles. The molecule has 0 N–H and O–H groups in total. The van der Waals surface area contributed by atoms with Crippen LogP contribution in [0.3, 0.4) is 0 Å². The summed E-state index contributed by atoms with van der Waals surface area (Å²) in [5.74, 6) is 0.00384. The number of nitrogens with zero attached hydrogens (tertiary/aromatic N) is 3. The van der Waals surface area contributed by atoms with Crippen molar-refractivity contribution in [3.63, 3.8) is 0 Å². The number of aromatic nitrogens is 2. The van der Waals surface area contributed by atoms with Crippen molar-refractivity contribution in [3.8, 4) is 10.6 Å². The molecular weight excluding hydrogens is 414 g/mol. The number of amides is 1. The number of hydrogen-bond acceptors (Lipinski definition) is 4. The van der Waals surface area contributed by atoms with E-state index >= 15 is 0 Å². The lowest BCUT2D eigenvalue weighted by atomic mass is 9.96. The maximum absolute atomic E-state index is 13.5. The highest BCUT2D eigenvalue weighted by Crippen LogP contribution is 2.36. The van der Waals surface area contributed by atoms with Crippen molar-refractivity contribution in [2.45, 2.75) is 58.5 Å². The summed E-state index contributed by atoms with van der Waals surface area (Å²) >= 11 is 7.77. The van der Waals surface area contributed by atoms with E-state index in [1.165, 1.54) is 28.0 Å². The van der Waals surface area contributed by atoms with Crippen LogP contribution in [0.1, 0.15) is 52.5 Å². The first-order valence-electron chi connectivity index (χ1n) is 10.4. The van der Waals surface area contributed by atoms with E-state index in [0.717, 1.165) is 36.3 Å². The lowest BCUT2D eigenvalue weighted by molar-refractivity contribution is 0.0672. The Bertz CT molecular complexity index is 1030. The molecule has 1 unspecified atom stereocenters. The third kappa shape index (κ3) is 4.42. The molecule has 1 amide bonds. The van der Waals surface area contributed by atoms with Gasteiger partial charge in [0.15, 0.2) is 5.15 Å². The Kier molecular flexibility index (Phi) is 6.21. The molecular formula is C24H26ClN3OS. The van der Waals surface area contributed by atoms with Crippen LogP contribution in [0.25, 0.3) is 10.6 Å². The van der Waals surface area contributed by atoms with Crippen molar-refractivity contribution in [2.24, 2.45) is 0 Å². The smallest absolute Gasteiger partial charge is 0.267 e. The molecule has 1 aromatic carbocycles. The van der Waals surface area contributed by atoms with Crippen LogP contribution in [0.2, 0.25) is 5.15 Å².